The summed E-state index contributed by atoms with van der Waals surface area (Å²) in [7, 11) is 0. The van der Waals surface area contributed by atoms with Crippen molar-refractivity contribution in [1.29, 1.82) is 0 Å². The molecule has 3 heterocycles. The molecule has 1 fully saturated rings. The summed E-state index contributed by atoms with van der Waals surface area (Å²) in [6.45, 7) is 3.88. The number of aromatic amines is 1. The van der Waals surface area contributed by atoms with Gasteiger partial charge in [0.2, 0.25) is 0 Å². The van der Waals surface area contributed by atoms with E-state index in [1.54, 1.807) is 0 Å². The fraction of sp³-hybridized carbons (Fsp3) is 0.259. The van der Waals surface area contributed by atoms with E-state index in [0.29, 0.717) is 5.92 Å². The Morgan fingerprint density at radius 1 is 1.06 bits per heavy atom. The summed E-state index contributed by atoms with van der Waals surface area (Å²) < 4.78 is 0. The van der Waals surface area contributed by atoms with Crippen molar-refractivity contribution in [2.45, 2.75) is 24.3 Å². The molecule has 6 heteroatoms. The maximum atomic E-state index is 12.9. The monoisotopic (exact) mass is 454 g/mol. The van der Waals surface area contributed by atoms with Gasteiger partial charge in [-0.05, 0) is 72.5 Å². The molecule has 1 amide bonds. The fourth-order valence-corrected chi connectivity index (χ4v) is 5.95. The molecular weight excluding hydrogens is 428 g/mol. The predicted octanol–water partition coefficient (Wildman–Crippen LogP) is 5.19. The van der Waals surface area contributed by atoms with Crippen LogP contribution in [0.1, 0.15) is 24.1 Å². The zero-order valence-electron chi connectivity index (χ0n) is 18.4. The van der Waals surface area contributed by atoms with E-state index in [2.05, 4.69) is 68.9 Å². The van der Waals surface area contributed by atoms with Crippen LogP contribution < -0.4 is 5.32 Å². The first kappa shape index (κ1) is 20.5. The summed E-state index contributed by atoms with van der Waals surface area (Å²) in [4.78, 5) is 17.2. The molecule has 1 aromatic heterocycles. The van der Waals surface area contributed by atoms with Gasteiger partial charge >= 0.3 is 0 Å². The Bertz CT molecular complexity index is 1370. The number of aromatic nitrogens is 2. The minimum absolute atomic E-state index is 0.0100. The van der Waals surface area contributed by atoms with Gasteiger partial charge in [0.25, 0.3) is 5.91 Å². The maximum absolute atomic E-state index is 12.9. The summed E-state index contributed by atoms with van der Waals surface area (Å²) in [5.41, 5.74) is 3.24. The number of nitrogens with one attached hydrogen (secondary N) is 2. The Balaban J connectivity index is 1.02. The third kappa shape index (κ3) is 4.16. The summed E-state index contributed by atoms with van der Waals surface area (Å²) in [5, 5.41) is 14.3. The minimum Gasteiger partial charge on any atom is -0.351 e. The second kappa shape index (κ2) is 8.69. The molecule has 2 aliphatic rings. The summed E-state index contributed by atoms with van der Waals surface area (Å²) in [5.74, 6) is 0.540. The number of piperidine rings is 1. The van der Waals surface area contributed by atoms with Crippen LogP contribution in [0.3, 0.4) is 0 Å². The second-order valence-electron chi connectivity index (χ2n) is 9.01. The van der Waals surface area contributed by atoms with E-state index in [9.17, 15) is 4.79 Å². The molecule has 2 N–H and O–H groups in total. The molecule has 0 aliphatic carbocycles. The van der Waals surface area contributed by atoms with Crippen molar-refractivity contribution in [3.05, 3.63) is 76.8 Å². The molecule has 0 unspecified atom stereocenters. The average molecular weight is 455 g/mol. The molecule has 166 valence electrons. The van der Waals surface area contributed by atoms with Crippen molar-refractivity contribution in [2.75, 3.05) is 19.6 Å². The van der Waals surface area contributed by atoms with Crippen molar-refractivity contribution in [2.24, 2.45) is 5.92 Å². The largest absolute Gasteiger partial charge is 0.351 e. The molecule has 0 radical (unpaired) electrons. The Morgan fingerprint density at radius 3 is 2.79 bits per heavy atom. The van der Waals surface area contributed by atoms with Crippen LogP contribution in [0.4, 0.5) is 0 Å². The SMILES string of the molecule is O=C(NCC1CCN(Cc2ccc3ccccc3c2)CC1)C1=Cc2[nH]nc3cccc(c23)S1. The average Bonchev–Trinajstić information content (AvgIpc) is 3.28. The van der Waals surface area contributed by atoms with Gasteiger partial charge < -0.3 is 5.32 Å². The summed E-state index contributed by atoms with van der Waals surface area (Å²) >= 11 is 1.53. The zero-order valence-corrected chi connectivity index (χ0v) is 19.2. The number of likely N-dealkylation sites (tertiary alicyclic amines) is 1. The number of rotatable bonds is 5. The lowest BCUT2D eigenvalue weighted by molar-refractivity contribution is -0.117. The number of hydrogen-bond acceptors (Lipinski definition) is 4. The molecule has 1 saturated heterocycles. The van der Waals surface area contributed by atoms with Crippen LogP contribution in [0.15, 0.2) is 70.5 Å². The van der Waals surface area contributed by atoms with E-state index < -0.39 is 0 Å². The van der Waals surface area contributed by atoms with E-state index >= 15 is 0 Å². The number of thioether (sulfide) groups is 1. The van der Waals surface area contributed by atoms with Gasteiger partial charge in [-0.1, -0.05) is 54.2 Å². The van der Waals surface area contributed by atoms with Gasteiger partial charge in [-0.3, -0.25) is 14.8 Å². The van der Waals surface area contributed by atoms with Crippen LogP contribution in [0.5, 0.6) is 0 Å². The minimum atomic E-state index is 0.0100. The quantitative estimate of drug-likeness (QED) is 0.436. The van der Waals surface area contributed by atoms with Crippen molar-refractivity contribution in [1.82, 2.24) is 20.4 Å². The van der Waals surface area contributed by atoms with Crippen LogP contribution in [0.25, 0.3) is 27.8 Å². The lowest BCUT2D eigenvalue weighted by Crippen LogP contribution is -2.38. The zero-order chi connectivity index (χ0) is 22.2. The first-order valence-corrected chi connectivity index (χ1v) is 12.4. The van der Waals surface area contributed by atoms with Gasteiger partial charge in [-0.25, -0.2) is 0 Å². The van der Waals surface area contributed by atoms with Crippen LogP contribution in [-0.4, -0.2) is 40.6 Å². The molecule has 3 aromatic carbocycles. The molecule has 4 aromatic rings. The van der Waals surface area contributed by atoms with Gasteiger partial charge in [0.1, 0.15) is 0 Å². The molecule has 0 spiro atoms. The highest BCUT2D eigenvalue weighted by Crippen LogP contribution is 2.39. The van der Waals surface area contributed by atoms with E-state index in [0.717, 1.165) is 65.4 Å². The van der Waals surface area contributed by atoms with Gasteiger partial charge in [-0.2, -0.15) is 5.10 Å². The lowest BCUT2D eigenvalue weighted by atomic mass is 9.96. The van der Waals surface area contributed by atoms with Crippen molar-refractivity contribution in [3.8, 4) is 0 Å². The molecule has 0 atom stereocenters. The molecule has 6 rings (SSSR count). The Hall–Kier alpha value is -3.09. The topological polar surface area (TPSA) is 61.0 Å². The van der Waals surface area contributed by atoms with E-state index in [1.807, 2.05) is 18.2 Å². The fourth-order valence-electron chi connectivity index (χ4n) is 4.91. The van der Waals surface area contributed by atoms with E-state index in [4.69, 9.17) is 0 Å². The predicted molar refractivity (Wildman–Crippen MR) is 135 cm³/mol. The third-order valence-electron chi connectivity index (χ3n) is 6.77. The van der Waals surface area contributed by atoms with E-state index in [-0.39, 0.29) is 5.91 Å². The lowest BCUT2D eigenvalue weighted by Gasteiger charge is -2.32. The van der Waals surface area contributed by atoms with Crippen LogP contribution >= 0.6 is 11.8 Å². The van der Waals surface area contributed by atoms with Gasteiger partial charge in [0.15, 0.2) is 0 Å². The normalized spacial score (nSPS) is 16.8. The number of carbonyl (C=O) groups excluding carboxylic acids is 1. The highest BCUT2D eigenvalue weighted by Gasteiger charge is 2.23. The standard InChI is InChI=1S/C27H26N4OS/c32-27(25-15-23-26-22(29-30-23)6-3-7-24(26)33-25)28-16-18-10-12-31(13-11-18)17-19-8-9-20-4-1-2-5-21(20)14-19/h1-9,14-15,18H,10-13,16-17H2,(H,28,32)(H,29,30). The van der Waals surface area contributed by atoms with Crippen LogP contribution in [-0.2, 0) is 11.3 Å². The molecular formula is C27H26N4OS. The smallest absolute Gasteiger partial charge is 0.258 e. The van der Waals surface area contributed by atoms with Gasteiger partial charge in [-0.15, -0.1) is 0 Å². The van der Waals surface area contributed by atoms with Crippen molar-refractivity contribution < 1.29 is 4.79 Å². The van der Waals surface area contributed by atoms with Crippen molar-refractivity contribution >= 4 is 45.4 Å². The van der Waals surface area contributed by atoms with Crippen LogP contribution in [0, 0.1) is 5.92 Å². The molecule has 33 heavy (non-hydrogen) atoms. The van der Waals surface area contributed by atoms with Gasteiger partial charge in [0, 0.05) is 23.4 Å². The highest BCUT2D eigenvalue weighted by molar-refractivity contribution is 8.04. The molecule has 5 nitrogen and oxygen atoms in total. The number of H-pyrrole nitrogens is 1. The first-order chi connectivity index (χ1) is 16.2. The van der Waals surface area contributed by atoms with Crippen LogP contribution in [0.2, 0.25) is 0 Å². The second-order valence-corrected chi connectivity index (χ2v) is 10.1. The highest BCUT2D eigenvalue weighted by atomic mass is 32.2. The number of fused-ring (bicyclic) bond motifs is 1. The Labute approximate surface area is 197 Å². The molecule has 2 aliphatic heterocycles. The summed E-state index contributed by atoms with van der Waals surface area (Å²) in [6.07, 6.45) is 4.16. The number of nitrogens with zero attached hydrogens (tertiary/aromatic N) is 2. The Kier molecular flexibility index (Phi) is 5.40. The first-order valence-electron chi connectivity index (χ1n) is 11.6. The molecule has 0 saturated carbocycles. The number of benzene rings is 3. The summed E-state index contributed by atoms with van der Waals surface area (Å²) in [6, 6.07) is 21.3. The number of carbonyl (C=O) groups is 1. The Morgan fingerprint density at radius 2 is 1.91 bits per heavy atom. The maximum Gasteiger partial charge on any atom is 0.258 e. The van der Waals surface area contributed by atoms with Crippen molar-refractivity contribution in [3.63, 3.8) is 0 Å². The van der Waals surface area contributed by atoms with Gasteiger partial charge in [0.05, 0.1) is 16.1 Å². The van der Waals surface area contributed by atoms with E-state index in [1.165, 1.54) is 28.1 Å². The molecule has 0 bridgehead atoms. The third-order valence-corrected chi connectivity index (χ3v) is 7.85. The number of amides is 1. The number of hydrogen-bond donors (Lipinski definition) is 2.